The fraction of sp³-hybridized carbons (Fsp3) is 0.111. The highest BCUT2D eigenvalue weighted by molar-refractivity contribution is 5.70. The van der Waals surface area contributed by atoms with E-state index in [1.165, 1.54) is 0 Å². The fourth-order valence-electron chi connectivity index (χ4n) is 2.29. The molecule has 0 unspecified atom stereocenters. The van der Waals surface area contributed by atoms with Gasteiger partial charge < -0.3 is 10.3 Å². The second kappa shape index (κ2) is 6.23. The number of hydrogen-bond acceptors (Lipinski definition) is 5. The predicted octanol–water partition coefficient (Wildman–Crippen LogP) is 2.04. The van der Waals surface area contributed by atoms with E-state index in [4.69, 9.17) is 11.0 Å². The molecule has 0 atom stereocenters. The molecular formula is C18H14N6. The Hall–Kier alpha value is -3.64. The number of nitrogens with zero attached hydrogens (tertiary/aromatic N) is 5. The van der Waals surface area contributed by atoms with E-state index in [0.717, 1.165) is 11.3 Å². The van der Waals surface area contributed by atoms with Crippen molar-refractivity contribution >= 4 is 5.95 Å². The van der Waals surface area contributed by atoms with Crippen LogP contribution in [-0.2, 0) is 7.05 Å². The van der Waals surface area contributed by atoms with Gasteiger partial charge in [0.05, 0.1) is 41.1 Å². The molecule has 2 aromatic heterocycles. The van der Waals surface area contributed by atoms with Gasteiger partial charge in [0, 0.05) is 12.6 Å². The second-order valence-corrected chi connectivity index (χ2v) is 5.22. The first-order chi connectivity index (χ1) is 11.6. The number of anilines is 1. The minimum absolute atomic E-state index is 0.177. The number of imidazole rings is 1. The smallest absolute Gasteiger partial charge is 0.220 e. The summed E-state index contributed by atoms with van der Waals surface area (Å²) in [6, 6.07) is 9.30. The van der Waals surface area contributed by atoms with Crippen LogP contribution in [0.4, 0.5) is 5.95 Å². The topological polar surface area (TPSA) is 93.4 Å². The van der Waals surface area contributed by atoms with E-state index < -0.39 is 0 Å². The summed E-state index contributed by atoms with van der Waals surface area (Å²) in [6.45, 7) is 1.84. The van der Waals surface area contributed by atoms with Crippen molar-refractivity contribution in [1.82, 2.24) is 19.5 Å². The Morgan fingerprint density at radius 1 is 1.21 bits per heavy atom. The first-order valence-electron chi connectivity index (χ1n) is 7.21. The summed E-state index contributed by atoms with van der Waals surface area (Å²) in [5.74, 6) is 6.36. The fourth-order valence-corrected chi connectivity index (χ4v) is 2.29. The Kier molecular flexibility index (Phi) is 3.96. The van der Waals surface area contributed by atoms with Gasteiger partial charge in [-0.1, -0.05) is 18.1 Å². The second-order valence-electron chi connectivity index (χ2n) is 5.22. The maximum Gasteiger partial charge on any atom is 0.220 e. The molecule has 0 aliphatic carbocycles. The predicted molar refractivity (Wildman–Crippen MR) is 90.5 cm³/mol. The number of rotatable bonds is 1. The van der Waals surface area contributed by atoms with E-state index in [2.05, 4.69) is 32.9 Å². The van der Waals surface area contributed by atoms with Crippen LogP contribution in [0.5, 0.6) is 0 Å². The van der Waals surface area contributed by atoms with E-state index in [9.17, 15) is 0 Å². The number of nitriles is 1. The first-order valence-corrected chi connectivity index (χ1v) is 7.21. The van der Waals surface area contributed by atoms with Gasteiger partial charge in [0.1, 0.15) is 5.69 Å². The van der Waals surface area contributed by atoms with Gasteiger partial charge in [-0.05, 0) is 25.0 Å². The zero-order valence-electron chi connectivity index (χ0n) is 13.3. The number of hydrogen-bond donors (Lipinski definition) is 1. The number of nitrogen functional groups attached to an aromatic ring is 1. The third-order valence-electron chi connectivity index (χ3n) is 3.50. The Labute approximate surface area is 139 Å². The van der Waals surface area contributed by atoms with Crippen LogP contribution in [0.2, 0.25) is 0 Å². The van der Waals surface area contributed by atoms with Gasteiger partial charge in [-0.3, -0.25) is 0 Å². The third kappa shape index (κ3) is 2.94. The molecule has 0 fully saturated rings. The summed E-state index contributed by atoms with van der Waals surface area (Å²) in [5, 5.41) is 9.10. The van der Waals surface area contributed by atoms with Gasteiger partial charge in [-0.2, -0.15) is 5.26 Å². The average molecular weight is 314 g/mol. The lowest BCUT2D eigenvalue weighted by Gasteiger charge is -2.08. The van der Waals surface area contributed by atoms with Crippen molar-refractivity contribution in [2.75, 3.05) is 5.73 Å². The highest BCUT2D eigenvalue weighted by atomic mass is 15.0. The number of aryl methyl sites for hydroxylation is 2. The zero-order chi connectivity index (χ0) is 17.1. The third-order valence-corrected chi connectivity index (χ3v) is 3.50. The minimum atomic E-state index is 0.177. The largest absolute Gasteiger partial charge is 0.368 e. The lowest BCUT2D eigenvalue weighted by Crippen LogP contribution is -2.03. The van der Waals surface area contributed by atoms with Gasteiger partial charge in [0.25, 0.3) is 0 Å². The van der Waals surface area contributed by atoms with Gasteiger partial charge in [0.2, 0.25) is 5.95 Å². The molecule has 2 heterocycles. The maximum atomic E-state index is 9.10. The zero-order valence-corrected chi connectivity index (χ0v) is 13.3. The van der Waals surface area contributed by atoms with E-state index >= 15 is 0 Å². The summed E-state index contributed by atoms with van der Waals surface area (Å²) in [6.07, 6.45) is 3.38. The van der Waals surface area contributed by atoms with Crippen molar-refractivity contribution in [1.29, 1.82) is 5.26 Å². The standard InChI is InChI=1S/C18H14N6/c1-12-16(7-6-15-10-21-11-24(15)2)17(23-18(20)22-12)14-5-3-4-13(8-14)9-19/h3-5,8,10-11H,1-2H3,(H2,20,22,23). The van der Waals surface area contributed by atoms with Crippen molar-refractivity contribution in [3.63, 3.8) is 0 Å². The Morgan fingerprint density at radius 2 is 2.04 bits per heavy atom. The molecule has 0 amide bonds. The number of benzene rings is 1. The van der Waals surface area contributed by atoms with Crippen molar-refractivity contribution in [2.45, 2.75) is 6.92 Å². The molecule has 0 bridgehead atoms. The van der Waals surface area contributed by atoms with Gasteiger partial charge >= 0.3 is 0 Å². The normalized spacial score (nSPS) is 9.88. The maximum absolute atomic E-state index is 9.10. The van der Waals surface area contributed by atoms with Crippen molar-refractivity contribution in [3.05, 3.63) is 59.3 Å². The molecular weight excluding hydrogens is 300 g/mol. The monoisotopic (exact) mass is 314 g/mol. The molecule has 0 saturated carbocycles. The van der Waals surface area contributed by atoms with Gasteiger partial charge in [-0.15, -0.1) is 0 Å². The van der Waals surface area contributed by atoms with Crippen LogP contribution >= 0.6 is 0 Å². The van der Waals surface area contributed by atoms with Crippen LogP contribution < -0.4 is 5.73 Å². The summed E-state index contributed by atoms with van der Waals surface area (Å²) in [5.41, 5.74) is 9.90. The summed E-state index contributed by atoms with van der Waals surface area (Å²) < 4.78 is 1.83. The van der Waals surface area contributed by atoms with Crippen molar-refractivity contribution < 1.29 is 0 Å². The molecule has 6 nitrogen and oxygen atoms in total. The average Bonchev–Trinajstić information content (AvgIpc) is 2.98. The van der Waals surface area contributed by atoms with Crippen LogP contribution in [0.25, 0.3) is 11.3 Å². The summed E-state index contributed by atoms with van der Waals surface area (Å²) in [4.78, 5) is 12.6. The van der Waals surface area contributed by atoms with Crippen LogP contribution in [0, 0.1) is 30.1 Å². The molecule has 24 heavy (non-hydrogen) atoms. The lowest BCUT2D eigenvalue weighted by atomic mass is 10.0. The molecule has 0 aliphatic rings. The molecule has 0 aliphatic heterocycles. The molecule has 1 aromatic carbocycles. The number of nitrogens with two attached hydrogens (primary N) is 1. The lowest BCUT2D eigenvalue weighted by molar-refractivity contribution is 0.899. The molecule has 2 N–H and O–H groups in total. The van der Waals surface area contributed by atoms with E-state index in [1.54, 1.807) is 30.7 Å². The van der Waals surface area contributed by atoms with Crippen LogP contribution in [0.15, 0.2) is 36.8 Å². The van der Waals surface area contributed by atoms with E-state index in [0.29, 0.717) is 22.5 Å². The van der Waals surface area contributed by atoms with Crippen molar-refractivity contribution in [3.8, 4) is 29.2 Å². The quantitative estimate of drug-likeness (QED) is 0.694. The molecule has 3 rings (SSSR count). The molecule has 6 heteroatoms. The molecule has 0 saturated heterocycles. The molecule has 116 valence electrons. The molecule has 3 aromatic rings. The van der Waals surface area contributed by atoms with Crippen LogP contribution in [-0.4, -0.2) is 19.5 Å². The Bertz CT molecular complexity index is 1010. The SMILES string of the molecule is Cc1nc(N)nc(-c2cccc(C#N)c2)c1C#Cc1cncn1C. The van der Waals surface area contributed by atoms with E-state index in [1.807, 2.05) is 24.6 Å². The summed E-state index contributed by atoms with van der Waals surface area (Å²) in [7, 11) is 1.88. The van der Waals surface area contributed by atoms with Crippen molar-refractivity contribution in [2.24, 2.45) is 7.05 Å². The van der Waals surface area contributed by atoms with E-state index in [-0.39, 0.29) is 5.95 Å². The van der Waals surface area contributed by atoms with Gasteiger partial charge in [0.15, 0.2) is 0 Å². The van der Waals surface area contributed by atoms with Crippen LogP contribution in [0.3, 0.4) is 0 Å². The van der Waals surface area contributed by atoms with Crippen LogP contribution in [0.1, 0.15) is 22.5 Å². The highest BCUT2D eigenvalue weighted by Crippen LogP contribution is 2.24. The summed E-state index contributed by atoms with van der Waals surface area (Å²) >= 11 is 0. The number of aromatic nitrogens is 4. The Balaban J connectivity index is 2.18. The first kappa shape index (κ1) is 15.3. The van der Waals surface area contributed by atoms with Gasteiger partial charge in [-0.25, -0.2) is 15.0 Å². The molecule has 0 radical (unpaired) electrons. The molecule has 0 spiro atoms. The minimum Gasteiger partial charge on any atom is -0.368 e. The Morgan fingerprint density at radius 3 is 2.75 bits per heavy atom. The highest BCUT2D eigenvalue weighted by Gasteiger charge is 2.11.